The van der Waals surface area contributed by atoms with Gasteiger partial charge in [-0.05, 0) is 89.2 Å². The fourth-order valence-electron chi connectivity index (χ4n) is 4.87. The van der Waals surface area contributed by atoms with Crippen LogP contribution in [0.25, 0.3) is 10.9 Å². The van der Waals surface area contributed by atoms with E-state index in [0.717, 1.165) is 31.3 Å². The van der Waals surface area contributed by atoms with Gasteiger partial charge in [0.25, 0.3) is 5.91 Å². The molecule has 1 aliphatic rings. The number of amides is 2. The maximum Gasteiger partial charge on any atom is 0.418 e. The first-order valence-corrected chi connectivity index (χ1v) is 13.4. The van der Waals surface area contributed by atoms with E-state index in [1.165, 1.54) is 4.57 Å². The molecule has 0 unspecified atom stereocenters. The molecular formula is C31H33N5O4. The first-order valence-electron chi connectivity index (χ1n) is 13.4. The predicted molar refractivity (Wildman–Crippen MR) is 155 cm³/mol. The number of carbonyl (C=O) groups is 3. The largest absolute Gasteiger partial charge is 0.443 e. The van der Waals surface area contributed by atoms with Crippen molar-refractivity contribution in [2.24, 2.45) is 5.92 Å². The van der Waals surface area contributed by atoms with Crippen molar-refractivity contribution in [1.29, 1.82) is 0 Å². The fraction of sp³-hybridized carbons (Fsp3) is 0.290. The molecule has 0 spiro atoms. The van der Waals surface area contributed by atoms with Crippen LogP contribution in [0.4, 0.5) is 21.9 Å². The van der Waals surface area contributed by atoms with Gasteiger partial charge < -0.3 is 15.4 Å². The standard InChI is InChI=1S/C31H33N5O4/c1-31(2,3)40-30(39)35-19-14-21-8-9-23(20-27(21)35)34-28(37)25-6-4-5-7-26(25)36(24-12-17-33-18-13-24)29(38)22-10-15-32-16-11-22/h4-9,12-14,17-20,22,32H,10-11,15-16H2,1-3H3,(H,34,37). The monoisotopic (exact) mass is 539 g/mol. The van der Waals surface area contributed by atoms with Crippen LogP contribution < -0.4 is 15.5 Å². The molecule has 0 saturated carbocycles. The number of benzene rings is 2. The molecule has 1 fully saturated rings. The van der Waals surface area contributed by atoms with Gasteiger partial charge in [-0.15, -0.1) is 0 Å². The second-order valence-corrected chi connectivity index (χ2v) is 10.8. The Balaban J connectivity index is 1.47. The highest BCUT2D eigenvalue weighted by Crippen LogP contribution is 2.32. The third-order valence-corrected chi connectivity index (χ3v) is 6.76. The smallest absolute Gasteiger partial charge is 0.418 e. The summed E-state index contributed by atoms with van der Waals surface area (Å²) in [5.41, 5.74) is 1.97. The first-order chi connectivity index (χ1) is 19.2. The summed E-state index contributed by atoms with van der Waals surface area (Å²) >= 11 is 0. The maximum absolute atomic E-state index is 13.8. The number of anilines is 3. The van der Waals surface area contributed by atoms with Crippen molar-refractivity contribution in [2.75, 3.05) is 23.3 Å². The molecule has 0 atom stereocenters. The Hall–Kier alpha value is -4.50. The Morgan fingerprint density at radius 1 is 1.00 bits per heavy atom. The van der Waals surface area contributed by atoms with Crippen molar-refractivity contribution in [1.82, 2.24) is 14.9 Å². The van der Waals surface area contributed by atoms with Crippen molar-refractivity contribution < 1.29 is 19.1 Å². The summed E-state index contributed by atoms with van der Waals surface area (Å²) in [5, 5.41) is 7.09. The van der Waals surface area contributed by atoms with Gasteiger partial charge in [-0.2, -0.15) is 0 Å². The minimum atomic E-state index is -0.643. The molecule has 9 nitrogen and oxygen atoms in total. The van der Waals surface area contributed by atoms with Gasteiger partial charge in [-0.1, -0.05) is 18.2 Å². The molecule has 206 valence electrons. The van der Waals surface area contributed by atoms with Gasteiger partial charge in [-0.25, -0.2) is 4.79 Å². The van der Waals surface area contributed by atoms with E-state index < -0.39 is 11.7 Å². The molecule has 9 heteroatoms. The molecule has 1 saturated heterocycles. The number of fused-ring (bicyclic) bond motifs is 1. The van der Waals surface area contributed by atoms with Crippen molar-refractivity contribution >= 4 is 45.9 Å². The summed E-state index contributed by atoms with van der Waals surface area (Å²) in [4.78, 5) is 46.0. The van der Waals surface area contributed by atoms with Crippen LogP contribution in [-0.4, -0.2) is 46.1 Å². The van der Waals surface area contributed by atoms with Gasteiger partial charge in [0.15, 0.2) is 0 Å². The van der Waals surface area contributed by atoms with Crippen LogP contribution in [0, 0.1) is 5.92 Å². The minimum Gasteiger partial charge on any atom is -0.443 e. The van der Waals surface area contributed by atoms with Gasteiger partial charge >= 0.3 is 6.09 Å². The Morgan fingerprint density at radius 3 is 2.45 bits per heavy atom. The highest BCUT2D eigenvalue weighted by Gasteiger charge is 2.30. The average molecular weight is 540 g/mol. The third kappa shape index (κ3) is 5.89. The Bertz CT molecular complexity index is 1530. The number of piperidine rings is 1. The number of ether oxygens (including phenoxy) is 1. The zero-order valence-electron chi connectivity index (χ0n) is 22.9. The number of hydrogen-bond acceptors (Lipinski definition) is 6. The van der Waals surface area contributed by atoms with E-state index >= 15 is 0 Å². The SMILES string of the molecule is CC(C)(C)OC(=O)n1ccc2ccc(NC(=O)c3ccccc3N(C(=O)C3CCNCC3)c3ccncc3)cc21. The molecule has 40 heavy (non-hydrogen) atoms. The summed E-state index contributed by atoms with van der Waals surface area (Å²) in [6.45, 7) is 6.98. The van der Waals surface area contributed by atoms with E-state index in [4.69, 9.17) is 4.74 Å². The third-order valence-electron chi connectivity index (χ3n) is 6.76. The number of pyridine rings is 1. The molecule has 2 amide bonds. The second kappa shape index (κ2) is 11.3. The van der Waals surface area contributed by atoms with E-state index in [1.807, 2.05) is 39.0 Å². The van der Waals surface area contributed by atoms with Crippen LogP contribution in [0.3, 0.4) is 0 Å². The Kier molecular flexibility index (Phi) is 7.66. The zero-order valence-corrected chi connectivity index (χ0v) is 22.9. The number of nitrogens with one attached hydrogen (secondary N) is 2. The highest BCUT2D eigenvalue weighted by molar-refractivity contribution is 6.13. The highest BCUT2D eigenvalue weighted by atomic mass is 16.6. The lowest BCUT2D eigenvalue weighted by Gasteiger charge is -2.30. The van der Waals surface area contributed by atoms with Crippen molar-refractivity contribution in [3.05, 3.63) is 84.8 Å². The second-order valence-electron chi connectivity index (χ2n) is 10.8. The maximum atomic E-state index is 13.8. The van der Waals surface area contributed by atoms with Crippen LogP contribution in [-0.2, 0) is 9.53 Å². The van der Waals surface area contributed by atoms with Gasteiger partial charge in [0.05, 0.1) is 22.5 Å². The van der Waals surface area contributed by atoms with Crippen molar-refractivity contribution in [2.45, 2.75) is 39.2 Å². The van der Waals surface area contributed by atoms with Gasteiger partial charge in [0, 0.05) is 35.6 Å². The molecule has 0 radical (unpaired) electrons. The lowest BCUT2D eigenvalue weighted by atomic mass is 9.95. The number of rotatable bonds is 5. The van der Waals surface area contributed by atoms with E-state index in [-0.39, 0.29) is 17.7 Å². The molecule has 4 aromatic rings. The summed E-state index contributed by atoms with van der Waals surface area (Å²) in [7, 11) is 0. The van der Waals surface area contributed by atoms with Gasteiger partial charge in [0.2, 0.25) is 5.91 Å². The van der Waals surface area contributed by atoms with Gasteiger partial charge in [0.1, 0.15) is 5.60 Å². The Labute approximate surface area is 233 Å². The van der Waals surface area contributed by atoms with Crippen LogP contribution in [0.2, 0.25) is 0 Å². The van der Waals surface area contributed by atoms with E-state index in [1.54, 1.807) is 66.0 Å². The summed E-state index contributed by atoms with van der Waals surface area (Å²) in [5.74, 6) is -0.583. The fourth-order valence-corrected chi connectivity index (χ4v) is 4.87. The molecule has 1 aliphatic heterocycles. The molecule has 5 rings (SSSR count). The lowest BCUT2D eigenvalue weighted by Crippen LogP contribution is -2.39. The zero-order chi connectivity index (χ0) is 28.3. The Morgan fingerprint density at radius 2 is 1.73 bits per heavy atom. The lowest BCUT2D eigenvalue weighted by molar-refractivity contribution is -0.122. The molecule has 0 bridgehead atoms. The van der Waals surface area contributed by atoms with Crippen LogP contribution in [0.1, 0.15) is 44.0 Å². The van der Waals surface area contributed by atoms with Gasteiger partial charge in [-0.3, -0.25) is 24.0 Å². The normalized spacial score (nSPS) is 14.1. The van der Waals surface area contributed by atoms with Crippen molar-refractivity contribution in [3.63, 3.8) is 0 Å². The average Bonchev–Trinajstić information content (AvgIpc) is 3.37. The van der Waals surface area contributed by atoms with E-state index in [2.05, 4.69) is 15.6 Å². The number of nitrogens with zero attached hydrogens (tertiary/aromatic N) is 3. The number of carbonyl (C=O) groups excluding carboxylic acids is 3. The van der Waals surface area contributed by atoms with E-state index in [0.29, 0.717) is 28.1 Å². The topological polar surface area (TPSA) is 106 Å². The summed E-state index contributed by atoms with van der Waals surface area (Å²) < 4.78 is 6.95. The van der Waals surface area contributed by atoms with Crippen LogP contribution >= 0.6 is 0 Å². The molecule has 2 N–H and O–H groups in total. The van der Waals surface area contributed by atoms with E-state index in [9.17, 15) is 14.4 Å². The first kappa shape index (κ1) is 27.1. The molecule has 0 aliphatic carbocycles. The predicted octanol–water partition coefficient (Wildman–Crippen LogP) is 5.74. The number of para-hydroxylation sites is 1. The molecular weight excluding hydrogens is 506 g/mol. The number of aromatic nitrogens is 2. The van der Waals surface area contributed by atoms with Crippen LogP contribution in [0.5, 0.6) is 0 Å². The summed E-state index contributed by atoms with van der Waals surface area (Å²) in [6, 6.07) is 17.8. The molecule has 2 aromatic heterocycles. The number of hydrogen-bond donors (Lipinski definition) is 2. The summed E-state index contributed by atoms with van der Waals surface area (Å²) in [6.07, 6.45) is 5.88. The minimum absolute atomic E-state index is 0.0513. The molecule has 3 heterocycles. The molecule has 2 aromatic carbocycles. The quantitative estimate of drug-likeness (QED) is 0.335. The van der Waals surface area contributed by atoms with Crippen molar-refractivity contribution in [3.8, 4) is 0 Å². The van der Waals surface area contributed by atoms with Crippen LogP contribution in [0.15, 0.2) is 79.3 Å².